The molecule has 9 heavy (non-hydrogen) atoms. The third kappa shape index (κ3) is 1.44. The van der Waals surface area contributed by atoms with E-state index in [2.05, 4.69) is 4.42 Å². The Kier molecular flexibility index (Phi) is 1.75. The van der Waals surface area contributed by atoms with E-state index < -0.39 is 5.43 Å². The van der Waals surface area contributed by atoms with Gasteiger partial charge >= 0.3 is 0 Å². The standard InChI is InChI=1S/C5H3IO3/c6-5-1-3(7)4(8)2-9-5/h1-2,8H. The lowest BCUT2D eigenvalue weighted by atomic mass is 10.5. The van der Waals surface area contributed by atoms with Crippen molar-refractivity contribution in [2.75, 3.05) is 0 Å². The third-order valence-corrected chi connectivity index (χ3v) is 1.35. The zero-order valence-corrected chi connectivity index (χ0v) is 6.45. The van der Waals surface area contributed by atoms with Crippen molar-refractivity contribution in [2.45, 2.75) is 0 Å². The maximum Gasteiger partial charge on any atom is 0.227 e. The molecule has 0 spiro atoms. The van der Waals surface area contributed by atoms with Crippen LogP contribution in [0.5, 0.6) is 5.75 Å². The second kappa shape index (κ2) is 2.38. The molecule has 0 amide bonds. The summed E-state index contributed by atoms with van der Waals surface area (Å²) >= 11 is 1.84. The average Bonchev–Trinajstić information content (AvgIpc) is 1.80. The summed E-state index contributed by atoms with van der Waals surface area (Å²) in [5.74, 6) is -0.351. The van der Waals surface area contributed by atoms with Gasteiger partial charge in [-0.1, -0.05) is 0 Å². The molecule has 0 aromatic carbocycles. The van der Waals surface area contributed by atoms with Gasteiger partial charge in [0.2, 0.25) is 5.43 Å². The molecular formula is C5H3IO3. The number of hydrogen-bond donors (Lipinski definition) is 1. The van der Waals surface area contributed by atoms with Crippen molar-refractivity contribution >= 4 is 22.6 Å². The van der Waals surface area contributed by atoms with Crippen molar-refractivity contribution < 1.29 is 9.52 Å². The molecule has 0 fully saturated rings. The van der Waals surface area contributed by atoms with Gasteiger partial charge in [0.05, 0.1) is 0 Å². The van der Waals surface area contributed by atoms with Gasteiger partial charge < -0.3 is 9.52 Å². The van der Waals surface area contributed by atoms with E-state index in [0.29, 0.717) is 3.77 Å². The highest BCUT2D eigenvalue weighted by Gasteiger charge is 1.95. The molecular weight excluding hydrogens is 235 g/mol. The molecule has 4 heteroatoms. The first kappa shape index (κ1) is 6.60. The van der Waals surface area contributed by atoms with E-state index in [1.54, 1.807) is 0 Å². The molecule has 1 heterocycles. The molecule has 0 aliphatic rings. The van der Waals surface area contributed by atoms with Crippen molar-refractivity contribution in [3.05, 3.63) is 26.3 Å². The molecule has 48 valence electrons. The van der Waals surface area contributed by atoms with Crippen LogP contribution >= 0.6 is 22.6 Å². The normalized spacial score (nSPS) is 9.44. The van der Waals surface area contributed by atoms with Gasteiger partial charge in [-0.3, -0.25) is 4.79 Å². The predicted molar refractivity (Wildman–Crippen MR) is 39.4 cm³/mol. The molecule has 0 atom stereocenters. The van der Waals surface area contributed by atoms with Gasteiger partial charge in [-0.05, 0) is 22.6 Å². The molecule has 1 aromatic heterocycles. The van der Waals surface area contributed by atoms with Crippen LogP contribution in [0.4, 0.5) is 0 Å². The lowest BCUT2D eigenvalue weighted by Gasteiger charge is -1.87. The van der Waals surface area contributed by atoms with Crippen LogP contribution in [-0.4, -0.2) is 5.11 Å². The Morgan fingerprint density at radius 1 is 1.67 bits per heavy atom. The zero-order chi connectivity index (χ0) is 6.85. The van der Waals surface area contributed by atoms with E-state index in [4.69, 9.17) is 5.11 Å². The summed E-state index contributed by atoms with van der Waals surface area (Å²) in [6.45, 7) is 0. The Morgan fingerprint density at radius 2 is 2.33 bits per heavy atom. The first-order valence-electron chi connectivity index (χ1n) is 2.17. The molecule has 0 bridgehead atoms. The molecule has 0 saturated heterocycles. The Hall–Kier alpha value is -0.520. The van der Waals surface area contributed by atoms with E-state index in [-0.39, 0.29) is 5.75 Å². The summed E-state index contributed by atoms with van der Waals surface area (Å²) < 4.78 is 5.14. The van der Waals surface area contributed by atoms with Gasteiger partial charge in [0, 0.05) is 6.07 Å². The molecule has 1 N–H and O–H groups in total. The smallest absolute Gasteiger partial charge is 0.227 e. The van der Waals surface area contributed by atoms with E-state index in [0.717, 1.165) is 6.26 Å². The van der Waals surface area contributed by atoms with Crippen LogP contribution in [0, 0.1) is 3.77 Å². The maximum absolute atomic E-state index is 10.5. The summed E-state index contributed by atoms with van der Waals surface area (Å²) in [5, 5.41) is 8.63. The monoisotopic (exact) mass is 238 g/mol. The van der Waals surface area contributed by atoms with E-state index in [9.17, 15) is 4.79 Å². The zero-order valence-electron chi connectivity index (χ0n) is 4.30. The lowest BCUT2D eigenvalue weighted by molar-refractivity contribution is 0.420. The van der Waals surface area contributed by atoms with Crippen molar-refractivity contribution in [3.63, 3.8) is 0 Å². The maximum atomic E-state index is 10.5. The second-order valence-electron chi connectivity index (χ2n) is 1.43. The first-order valence-corrected chi connectivity index (χ1v) is 3.25. The first-order chi connectivity index (χ1) is 4.20. The highest BCUT2D eigenvalue weighted by Crippen LogP contribution is 2.04. The van der Waals surface area contributed by atoms with Crippen LogP contribution in [0.25, 0.3) is 0 Å². The summed E-state index contributed by atoms with van der Waals surface area (Å²) in [6.07, 6.45) is 1.02. The second-order valence-corrected chi connectivity index (χ2v) is 2.50. The molecule has 0 unspecified atom stereocenters. The number of rotatable bonds is 0. The number of halogens is 1. The van der Waals surface area contributed by atoms with E-state index in [1.165, 1.54) is 6.07 Å². The number of aromatic hydroxyl groups is 1. The molecule has 1 aromatic rings. The topological polar surface area (TPSA) is 50.4 Å². The van der Waals surface area contributed by atoms with Crippen LogP contribution in [0.3, 0.4) is 0 Å². The van der Waals surface area contributed by atoms with Crippen LogP contribution in [0.1, 0.15) is 0 Å². The Balaban J connectivity index is 3.34. The highest BCUT2D eigenvalue weighted by atomic mass is 127. The minimum absolute atomic E-state index is 0.351. The van der Waals surface area contributed by atoms with Crippen molar-refractivity contribution in [1.29, 1.82) is 0 Å². The lowest BCUT2D eigenvalue weighted by Crippen LogP contribution is -1.96. The quantitative estimate of drug-likeness (QED) is 0.684. The summed E-state index contributed by atoms with van der Waals surface area (Å²) in [7, 11) is 0. The highest BCUT2D eigenvalue weighted by molar-refractivity contribution is 14.1. The minimum atomic E-state index is -0.411. The van der Waals surface area contributed by atoms with Crippen molar-refractivity contribution in [2.24, 2.45) is 0 Å². The third-order valence-electron chi connectivity index (χ3n) is 0.780. The summed E-state index contributed by atoms with van der Waals surface area (Å²) in [6, 6.07) is 1.22. The molecule has 0 radical (unpaired) electrons. The minimum Gasteiger partial charge on any atom is -0.502 e. The average molecular weight is 238 g/mol. The molecule has 0 aliphatic heterocycles. The SMILES string of the molecule is O=c1cc(I)occ1O. The predicted octanol–water partition coefficient (Wildman–Crippen LogP) is 0.950. The summed E-state index contributed by atoms with van der Waals surface area (Å²) in [4.78, 5) is 10.5. The summed E-state index contributed by atoms with van der Waals surface area (Å²) in [5.41, 5.74) is -0.411. The van der Waals surface area contributed by atoms with Gasteiger partial charge in [-0.25, -0.2) is 0 Å². The van der Waals surface area contributed by atoms with Gasteiger partial charge in [0.1, 0.15) is 6.26 Å². The van der Waals surface area contributed by atoms with Crippen molar-refractivity contribution in [1.82, 2.24) is 0 Å². The van der Waals surface area contributed by atoms with Crippen LogP contribution in [0.15, 0.2) is 21.5 Å². The fourth-order valence-electron chi connectivity index (χ4n) is 0.381. The fourth-order valence-corrected chi connectivity index (χ4v) is 0.791. The number of hydrogen-bond acceptors (Lipinski definition) is 3. The van der Waals surface area contributed by atoms with Crippen LogP contribution in [-0.2, 0) is 0 Å². The Morgan fingerprint density at radius 3 is 2.78 bits per heavy atom. The molecule has 1 rings (SSSR count). The van der Waals surface area contributed by atoms with Crippen LogP contribution < -0.4 is 5.43 Å². The van der Waals surface area contributed by atoms with Gasteiger partial charge in [-0.15, -0.1) is 0 Å². The molecule has 3 nitrogen and oxygen atoms in total. The largest absolute Gasteiger partial charge is 0.502 e. The van der Waals surface area contributed by atoms with E-state index in [1.807, 2.05) is 22.6 Å². The van der Waals surface area contributed by atoms with Gasteiger partial charge in [0.25, 0.3) is 0 Å². The van der Waals surface area contributed by atoms with Gasteiger partial charge in [-0.2, -0.15) is 0 Å². The van der Waals surface area contributed by atoms with Gasteiger partial charge in [0.15, 0.2) is 9.52 Å². The fraction of sp³-hybridized carbons (Fsp3) is 0. The van der Waals surface area contributed by atoms with E-state index >= 15 is 0 Å². The van der Waals surface area contributed by atoms with Crippen LogP contribution in [0.2, 0.25) is 0 Å². The Bertz CT molecular complexity index is 265. The molecule has 0 saturated carbocycles. The Labute approximate surface area is 64.5 Å². The van der Waals surface area contributed by atoms with Crippen molar-refractivity contribution in [3.8, 4) is 5.75 Å². The molecule has 0 aliphatic carbocycles.